The summed E-state index contributed by atoms with van der Waals surface area (Å²) in [5, 5.41) is 17.5. The zero-order valence-electron chi connectivity index (χ0n) is 6.64. The maximum atomic E-state index is 12.2. The Bertz CT molecular complexity index is 218. The normalized spacial score (nSPS) is 21.3. The number of hydrogen-bond acceptors (Lipinski definition) is 3. The van der Waals surface area contributed by atoms with E-state index in [-0.39, 0.29) is 19.1 Å². The number of aliphatic hydroxyl groups is 2. The van der Waals surface area contributed by atoms with Gasteiger partial charge >= 0.3 is 6.18 Å². The largest absolute Gasteiger partial charge is 0.394 e. The van der Waals surface area contributed by atoms with Crippen LogP contribution in [-0.4, -0.2) is 28.5 Å². The minimum atomic E-state index is -4.47. The molecule has 3 nitrogen and oxygen atoms in total. The van der Waals surface area contributed by atoms with Crippen molar-refractivity contribution < 1.29 is 28.2 Å². The van der Waals surface area contributed by atoms with Gasteiger partial charge in [-0.1, -0.05) is 0 Å². The summed E-state index contributed by atoms with van der Waals surface area (Å²) in [6.45, 7) is 0. The van der Waals surface area contributed by atoms with Gasteiger partial charge < -0.3 is 10.2 Å². The van der Waals surface area contributed by atoms with Crippen LogP contribution in [-0.2, 0) is 4.79 Å². The zero-order valence-corrected chi connectivity index (χ0v) is 6.64. The fraction of sp³-hybridized carbons (Fsp3) is 0.857. The van der Waals surface area contributed by atoms with Gasteiger partial charge in [-0.05, 0) is 12.8 Å². The van der Waals surface area contributed by atoms with Gasteiger partial charge in [0.1, 0.15) is 0 Å². The fourth-order valence-electron chi connectivity index (χ4n) is 1.25. The van der Waals surface area contributed by atoms with Crippen LogP contribution in [0.15, 0.2) is 0 Å². The lowest BCUT2D eigenvalue weighted by Crippen LogP contribution is -2.38. The molecule has 1 fully saturated rings. The Balaban J connectivity index is 2.69. The van der Waals surface area contributed by atoms with Gasteiger partial charge in [-0.25, -0.2) is 0 Å². The lowest BCUT2D eigenvalue weighted by atomic mass is 9.96. The van der Waals surface area contributed by atoms with Crippen molar-refractivity contribution in [2.24, 2.45) is 5.41 Å². The smallest absolute Gasteiger partial charge is 0.360 e. The summed E-state index contributed by atoms with van der Waals surface area (Å²) in [6.07, 6.45) is -6.00. The van der Waals surface area contributed by atoms with E-state index in [0.717, 1.165) is 0 Å². The van der Waals surface area contributed by atoms with Gasteiger partial charge in [-0.3, -0.25) is 4.79 Å². The Morgan fingerprint density at radius 2 is 1.77 bits per heavy atom. The van der Waals surface area contributed by atoms with E-state index >= 15 is 0 Å². The molecule has 0 unspecified atom stereocenters. The number of halogens is 3. The van der Waals surface area contributed by atoms with Crippen molar-refractivity contribution in [3.8, 4) is 0 Å². The lowest BCUT2D eigenvalue weighted by molar-refractivity contribution is -0.228. The van der Waals surface area contributed by atoms with Gasteiger partial charge in [0.2, 0.25) is 5.79 Å². The van der Waals surface area contributed by atoms with Crippen LogP contribution in [0.2, 0.25) is 0 Å². The van der Waals surface area contributed by atoms with Crippen LogP contribution >= 0.6 is 0 Å². The fourth-order valence-corrected chi connectivity index (χ4v) is 1.25. The van der Waals surface area contributed by atoms with Crippen molar-refractivity contribution in [1.29, 1.82) is 0 Å². The van der Waals surface area contributed by atoms with Crippen LogP contribution in [0.3, 0.4) is 0 Å². The Hall–Kier alpha value is -0.620. The number of carbonyl (C=O) groups excluding carboxylic acids is 1. The molecule has 1 rings (SSSR count). The maximum absolute atomic E-state index is 12.2. The van der Waals surface area contributed by atoms with E-state index in [1.807, 2.05) is 0 Å². The second-order valence-electron chi connectivity index (χ2n) is 3.45. The van der Waals surface area contributed by atoms with Crippen LogP contribution < -0.4 is 0 Å². The Morgan fingerprint density at radius 3 is 2.00 bits per heavy atom. The molecule has 76 valence electrons. The number of carbonyl (C=O) groups is 1. The van der Waals surface area contributed by atoms with E-state index in [1.165, 1.54) is 0 Å². The van der Waals surface area contributed by atoms with Crippen LogP contribution in [0.4, 0.5) is 13.2 Å². The van der Waals surface area contributed by atoms with E-state index in [1.54, 1.807) is 0 Å². The van der Waals surface area contributed by atoms with Gasteiger partial charge in [0.25, 0.3) is 0 Å². The molecular weight excluding hydrogens is 189 g/mol. The summed E-state index contributed by atoms with van der Waals surface area (Å²) in [4.78, 5) is 9.99. The first-order valence-corrected chi connectivity index (χ1v) is 3.70. The van der Waals surface area contributed by atoms with E-state index in [0.29, 0.717) is 0 Å². The molecule has 1 aliphatic rings. The minimum absolute atomic E-state index is 0.146. The molecule has 1 aliphatic carbocycles. The predicted octanol–water partition coefficient (Wildman–Crippen LogP) is 0.599. The molecule has 13 heavy (non-hydrogen) atoms. The van der Waals surface area contributed by atoms with Crippen LogP contribution in [0.25, 0.3) is 0 Å². The van der Waals surface area contributed by atoms with Crippen LogP contribution in [0.5, 0.6) is 0 Å². The zero-order chi connectivity index (χ0) is 10.3. The van der Waals surface area contributed by atoms with Crippen molar-refractivity contribution in [2.75, 3.05) is 0 Å². The number of alkyl halides is 3. The van der Waals surface area contributed by atoms with E-state index in [9.17, 15) is 18.0 Å². The maximum Gasteiger partial charge on any atom is 0.394 e. The van der Waals surface area contributed by atoms with Crippen molar-refractivity contribution in [3.63, 3.8) is 0 Å². The highest BCUT2D eigenvalue weighted by Crippen LogP contribution is 2.61. The first-order valence-electron chi connectivity index (χ1n) is 3.70. The van der Waals surface area contributed by atoms with Crippen molar-refractivity contribution >= 4 is 6.29 Å². The summed E-state index contributed by atoms with van der Waals surface area (Å²) in [5.41, 5.74) is -2.06. The summed E-state index contributed by atoms with van der Waals surface area (Å²) < 4.78 is 36.7. The van der Waals surface area contributed by atoms with Gasteiger partial charge in [-0.2, -0.15) is 13.2 Å². The minimum Gasteiger partial charge on any atom is -0.360 e. The molecule has 0 bridgehead atoms. The molecule has 0 aromatic carbocycles. The Labute approximate surface area is 72.2 Å². The third-order valence-corrected chi connectivity index (χ3v) is 2.24. The molecule has 0 saturated heterocycles. The van der Waals surface area contributed by atoms with Gasteiger partial charge in [0.05, 0.1) is 5.41 Å². The third kappa shape index (κ3) is 2.00. The lowest BCUT2D eigenvalue weighted by Gasteiger charge is -2.24. The van der Waals surface area contributed by atoms with Crippen molar-refractivity contribution in [2.45, 2.75) is 31.2 Å². The Morgan fingerprint density at radius 1 is 1.31 bits per heavy atom. The molecule has 0 aliphatic heterocycles. The second kappa shape index (κ2) is 2.68. The number of hydrogen-bond donors (Lipinski definition) is 2. The highest BCUT2D eigenvalue weighted by Gasteiger charge is 2.65. The first-order chi connectivity index (χ1) is 5.72. The Kier molecular flexibility index (Phi) is 2.16. The van der Waals surface area contributed by atoms with Gasteiger partial charge in [0.15, 0.2) is 6.29 Å². The molecule has 6 heteroatoms. The predicted molar refractivity (Wildman–Crippen MR) is 35.6 cm³/mol. The third-order valence-electron chi connectivity index (χ3n) is 2.24. The molecule has 1 saturated carbocycles. The van der Waals surface area contributed by atoms with Gasteiger partial charge in [0, 0.05) is 6.42 Å². The quantitative estimate of drug-likeness (QED) is 0.515. The van der Waals surface area contributed by atoms with Crippen molar-refractivity contribution in [3.05, 3.63) is 0 Å². The number of rotatable bonds is 3. The topological polar surface area (TPSA) is 57.5 Å². The molecule has 0 heterocycles. The summed E-state index contributed by atoms with van der Waals surface area (Å²) in [6, 6.07) is 0. The van der Waals surface area contributed by atoms with Crippen molar-refractivity contribution in [1.82, 2.24) is 0 Å². The van der Waals surface area contributed by atoms with E-state index in [4.69, 9.17) is 10.2 Å². The molecular formula is C7H9F3O3. The SMILES string of the molecule is O=CC(O)(O)CC1(C(F)(F)F)CC1. The van der Waals surface area contributed by atoms with E-state index in [2.05, 4.69) is 0 Å². The molecule has 0 aromatic rings. The first kappa shape index (κ1) is 10.5. The standard InChI is InChI=1S/C7H9F3O3/c8-7(9,10)5(1-2-5)3-6(12,13)4-11/h4,12-13H,1-3H2. The molecule has 0 atom stereocenters. The highest BCUT2D eigenvalue weighted by molar-refractivity contribution is 5.59. The summed E-state index contributed by atoms with van der Waals surface area (Å²) in [7, 11) is 0. The highest BCUT2D eigenvalue weighted by atomic mass is 19.4. The van der Waals surface area contributed by atoms with Crippen LogP contribution in [0.1, 0.15) is 19.3 Å². The average Bonchev–Trinajstić information content (AvgIpc) is 2.67. The van der Waals surface area contributed by atoms with Gasteiger partial charge in [-0.15, -0.1) is 0 Å². The summed E-state index contributed by atoms with van der Waals surface area (Å²) in [5.74, 6) is -2.86. The molecule has 0 aromatic heterocycles. The summed E-state index contributed by atoms with van der Waals surface area (Å²) >= 11 is 0. The number of aldehydes is 1. The van der Waals surface area contributed by atoms with E-state index < -0.39 is 23.8 Å². The molecule has 2 N–H and O–H groups in total. The monoisotopic (exact) mass is 198 g/mol. The average molecular weight is 198 g/mol. The molecule has 0 amide bonds. The van der Waals surface area contributed by atoms with Crippen LogP contribution in [0, 0.1) is 5.41 Å². The molecule has 0 spiro atoms. The second-order valence-corrected chi connectivity index (χ2v) is 3.45. The molecule has 0 radical (unpaired) electrons.